The second kappa shape index (κ2) is 39.9. The number of rotatable bonds is 32. The number of aliphatic hydroxyl groups is 1. The Labute approximate surface area is 259 Å². The van der Waals surface area contributed by atoms with Crippen LogP contribution in [0.2, 0.25) is 0 Å². The van der Waals surface area contributed by atoms with Crippen molar-refractivity contribution in [1.29, 1.82) is 0 Å². The molecule has 41 heavy (non-hydrogen) atoms. The topological polar surface area (TPSA) is 45.3 Å². The lowest BCUT2D eigenvalue weighted by Crippen LogP contribution is -1.85. The maximum Gasteiger partial charge on any atom is 0.0701 e. The van der Waals surface area contributed by atoms with E-state index < -0.39 is 0 Å². The summed E-state index contributed by atoms with van der Waals surface area (Å²) in [7, 11) is 0. The Balaban J connectivity index is 0.00000233. The van der Waals surface area contributed by atoms with E-state index in [1.807, 2.05) is 0 Å². The average molecular weight is 583 g/mol. The number of ether oxygens (including phenoxy) is 2. The number of hydrogen-bond acceptors (Lipinski definition) is 3. The predicted octanol–water partition coefficient (Wildman–Crippen LogP) is 12.5. The van der Waals surface area contributed by atoms with Crippen LogP contribution in [0.15, 0.2) is 0 Å². The molecule has 2 heterocycles. The average Bonchev–Trinajstić information content (AvgIpc) is 3.87. The molecule has 0 aromatic carbocycles. The highest BCUT2D eigenvalue weighted by Crippen LogP contribution is 2.16. The molecule has 0 radical (unpaired) electrons. The van der Waals surface area contributed by atoms with Gasteiger partial charge in [-0.2, -0.15) is 0 Å². The van der Waals surface area contributed by atoms with Gasteiger partial charge in [0, 0.05) is 6.61 Å². The third kappa shape index (κ3) is 49.9. The van der Waals surface area contributed by atoms with Gasteiger partial charge in [0.15, 0.2) is 0 Å². The molecule has 0 spiro atoms. The molecular formula is C38H78O3. The Hall–Kier alpha value is -0.120. The molecule has 3 heteroatoms. The Morgan fingerprint density at radius 1 is 0.293 bits per heavy atom. The van der Waals surface area contributed by atoms with Crippen LogP contribution in [0.1, 0.15) is 212 Å². The summed E-state index contributed by atoms with van der Waals surface area (Å²) in [5.41, 5.74) is 0. The summed E-state index contributed by atoms with van der Waals surface area (Å²) in [5, 5.41) is 8.78. The third-order valence-electron chi connectivity index (χ3n) is 8.42. The van der Waals surface area contributed by atoms with E-state index >= 15 is 0 Å². The van der Waals surface area contributed by atoms with Crippen molar-refractivity contribution in [2.75, 3.05) is 33.0 Å². The normalized spacial score (nSPS) is 13.3. The Morgan fingerprint density at radius 3 is 0.561 bits per heavy atom. The highest BCUT2D eigenvalue weighted by Gasteiger charge is 1.97. The van der Waals surface area contributed by atoms with E-state index in [1.54, 1.807) is 0 Å². The van der Waals surface area contributed by atoms with Crippen LogP contribution < -0.4 is 0 Å². The molecule has 2 aliphatic heterocycles. The van der Waals surface area contributed by atoms with E-state index in [-0.39, 0.29) is 0 Å². The van der Waals surface area contributed by atoms with Crippen LogP contribution in [0, 0.1) is 0 Å². The van der Waals surface area contributed by atoms with Gasteiger partial charge >= 0.3 is 0 Å². The van der Waals surface area contributed by atoms with Gasteiger partial charge in [0.2, 0.25) is 0 Å². The maximum atomic E-state index is 8.78. The lowest BCUT2D eigenvalue weighted by atomic mass is 10.0. The van der Waals surface area contributed by atoms with Crippen LogP contribution in [-0.2, 0) is 9.47 Å². The summed E-state index contributed by atoms with van der Waals surface area (Å²) in [4.78, 5) is 0. The second-order valence-electron chi connectivity index (χ2n) is 12.9. The monoisotopic (exact) mass is 583 g/mol. The van der Waals surface area contributed by atoms with E-state index in [4.69, 9.17) is 5.11 Å². The smallest absolute Gasteiger partial charge is 0.0701 e. The van der Waals surface area contributed by atoms with Crippen LogP contribution in [-0.4, -0.2) is 38.1 Å². The fourth-order valence-electron chi connectivity index (χ4n) is 5.49. The molecule has 2 fully saturated rings. The summed E-state index contributed by atoms with van der Waals surface area (Å²) in [6.07, 6.45) is 46.0. The molecule has 2 rings (SSSR count). The zero-order chi connectivity index (χ0) is 29.6. The molecule has 0 aromatic heterocycles. The Kier molecular flexibility index (Phi) is 39.8. The van der Waals surface area contributed by atoms with E-state index in [1.165, 1.54) is 199 Å². The summed E-state index contributed by atoms with van der Waals surface area (Å²) in [5.74, 6) is 0. The standard InChI is InChI=1S/C34H70O.2C2H4O/c1-2-3-4-5-6-7-8-9-10-11-12-13-14-15-16-17-18-19-20-21-22-23-24-25-26-27-28-29-30-31-32-33-34-35;2*1-2-3-1/h35H,2-34H2,1H3;2*1-2H2. The number of hydrogen-bond donors (Lipinski definition) is 1. The first-order valence-electron chi connectivity index (χ1n) is 19.2. The summed E-state index contributed by atoms with van der Waals surface area (Å²) < 4.78 is 9.00. The molecular weight excluding hydrogens is 504 g/mol. The molecule has 0 aliphatic carbocycles. The van der Waals surface area contributed by atoms with Crippen molar-refractivity contribution in [3.05, 3.63) is 0 Å². The van der Waals surface area contributed by atoms with Gasteiger partial charge in [-0.05, 0) is 6.42 Å². The molecule has 2 saturated heterocycles. The molecule has 0 atom stereocenters. The van der Waals surface area contributed by atoms with Crippen molar-refractivity contribution in [1.82, 2.24) is 0 Å². The third-order valence-corrected chi connectivity index (χ3v) is 8.42. The van der Waals surface area contributed by atoms with Gasteiger partial charge < -0.3 is 14.6 Å². The first-order chi connectivity index (χ1) is 20.4. The first kappa shape index (κ1) is 40.9. The van der Waals surface area contributed by atoms with Gasteiger partial charge in [-0.1, -0.05) is 206 Å². The SMILES string of the molecule is C1CO1.C1CO1.CCCCCCCCCCCCCCCCCCCCCCCCCCCCCCCCCCO. The minimum Gasteiger partial charge on any atom is -0.396 e. The molecule has 0 aromatic rings. The van der Waals surface area contributed by atoms with Crippen LogP contribution in [0.4, 0.5) is 0 Å². The van der Waals surface area contributed by atoms with Gasteiger partial charge in [0.25, 0.3) is 0 Å². The Morgan fingerprint density at radius 2 is 0.439 bits per heavy atom. The molecule has 0 amide bonds. The van der Waals surface area contributed by atoms with Crippen LogP contribution in [0.25, 0.3) is 0 Å². The van der Waals surface area contributed by atoms with Crippen molar-refractivity contribution in [2.45, 2.75) is 212 Å². The zero-order valence-corrected chi connectivity index (χ0v) is 28.4. The summed E-state index contributed by atoms with van der Waals surface area (Å²) >= 11 is 0. The zero-order valence-electron chi connectivity index (χ0n) is 28.4. The molecule has 0 bridgehead atoms. The molecule has 2 aliphatic rings. The minimum atomic E-state index is 0.375. The van der Waals surface area contributed by atoms with Crippen molar-refractivity contribution in [2.24, 2.45) is 0 Å². The highest BCUT2D eigenvalue weighted by molar-refractivity contribution is 4.52. The van der Waals surface area contributed by atoms with Crippen LogP contribution in [0.5, 0.6) is 0 Å². The minimum absolute atomic E-state index is 0.375. The predicted molar refractivity (Wildman–Crippen MR) is 182 cm³/mol. The fraction of sp³-hybridized carbons (Fsp3) is 1.00. The molecule has 0 saturated carbocycles. The van der Waals surface area contributed by atoms with Gasteiger partial charge in [-0.25, -0.2) is 0 Å². The molecule has 0 unspecified atom stereocenters. The molecule has 248 valence electrons. The van der Waals surface area contributed by atoms with Gasteiger partial charge in [0.1, 0.15) is 0 Å². The van der Waals surface area contributed by atoms with Gasteiger partial charge in [-0.3, -0.25) is 0 Å². The molecule has 3 nitrogen and oxygen atoms in total. The van der Waals surface area contributed by atoms with E-state index in [0.29, 0.717) is 6.61 Å². The lowest BCUT2D eigenvalue weighted by molar-refractivity contribution is 0.282. The van der Waals surface area contributed by atoms with E-state index in [9.17, 15) is 0 Å². The fourth-order valence-corrected chi connectivity index (χ4v) is 5.49. The second-order valence-corrected chi connectivity index (χ2v) is 12.9. The van der Waals surface area contributed by atoms with E-state index in [2.05, 4.69) is 16.4 Å². The summed E-state index contributed by atoms with van der Waals surface area (Å²) in [6.45, 7) is 6.68. The van der Waals surface area contributed by atoms with E-state index in [0.717, 1.165) is 32.8 Å². The number of aliphatic hydroxyl groups excluding tert-OH is 1. The Bertz CT molecular complexity index is 380. The quantitative estimate of drug-likeness (QED) is 0.0633. The van der Waals surface area contributed by atoms with Crippen molar-refractivity contribution in [3.8, 4) is 0 Å². The van der Waals surface area contributed by atoms with Crippen molar-refractivity contribution in [3.63, 3.8) is 0 Å². The van der Waals surface area contributed by atoms with Crippen LogP contribution in [0.3, 0.4) is 0 Å². The molecule has 1 N–H and O–H groups in total. The lowest BCUT2D eigenvalue weighted by Gasteiger charge is -2.04. The van der Waals surface area contributed by atoms with Gasteiger partial charge in [0.05, 0.1) is 26.4 Å². The number of epoxide rings is 2. The first-order valence-corrected chi connectivity index (χ1v) is 19.2. The maximum absolute atomic E-state index is 8.78. The van der Waals surface area contributed by atoms with Crippen molar-refractivity contribution < 1.29 is 14.6 Å². The highest BCUT2D eigenvalue weighted by atomic mass is 16.6. The van der Waals surface area contributed by atoms with Crippen LogP contribution >= 0.6 is 0 Å². The largest absolute Gasteiger partial charge is 0.396 e. The number of unbranched alkanes of at least 4 members (excludes halogenated alkanes) is 31. The van der Waals surface area contributed by atoms with Crippen molar-refractivity contribution >= 4 is 0 Å². The van der Waals surface area contributed by atoms with Gasteiger partial charge in [-0.15, -0.1) is 0 Å². The summed E-state index contributed by atoms with van der Waals surface area (Å²) in [6, 6.07) is 0.